The summed E-state index contributed by atoms with van der Waals surface area (Å²) in [5.74, 6) is 0.126. The van der Waals surface area contributed by atoms with Gasteiger partial charge in [-0.15, -0.1) is 0 Å². The number of methoxy groups -OCH3 is 1. The first-order valence-electron chi connectivity index (χ1n) is 13.7. The van der Waals surface area contributed by atoms with E-state index in [9.17, 15) is 19.7 Å². The SMILES string of the molecule is COC(=O)C(COCc1ccccc1)N(C)C(=O)CC[C@H](NCc1cc(Oc2ccccc2)ncc1[N+](=O)[O-])C(C)C. The van der Waals surface area contributed by atoms with Crippen molar-refractivity contribution in [2.24, 2.45) is 5.92 Å². The van der Waals surface area contributed by atoms with Crippen molar-refractivity contribution >= 4 is 17.6 Å². The first-order valence-corrected chi connectivity index (χ1v) is 13.7. The molecule has 3 aromatic rings. The van der Waals surface area contributed by atoms with Gasteiger partial charge in [-0.2, -0.15) is 0 Å². The van der Waals surface area contributed by atoms with Gasteiger partial charge < -0.3 is 24.4 Å². The third-order valence-electron chi connectivity index (χ3n) is 6.85. The summed E-state index contributed by atoms with van der Waals surface area (Å²) in [6.07, 6.45) is 1.79. The molecule has 2 aromatic carbocycles. The van der Waals surface area contributed by atoms with Crippen LogP contribution in [0.25, 0.3) is 0 Å². The zero-order valence-corrected chi connectivity index (χ0v) is 24.4. The Morgan fingerprint density at radius 2 is 1.74 bits per heavy atom. The lowest BCUT2D eigenvalue weighted by atomic mass is 9.98. The zero-order valence-electron chi connectivity index (χ0n) is 24.4. The first kappa shape index (κ1) is 32.2. The van der Waals surface area contributed by atoms with Gasteiger partial charge in [-0.05, 0) is 30.0 Å². The smallest absolute Gasteiger partial charge is 0.330 e. The molecule has 1 heterocycles. The Morgan fingerprint density at radius 3 is 2.36 bits per heavy atom. The number of carbonyl (C=O) groups is 2. The van der Waals surface area contributed by atoms with Crippen molar-refractivity contribution in [2.45, 2.75) is 51.9 Å². The summed E-state index contributed by atoms with van der Waals surface area (Å²) < 4.78 is 16.4. The van der Waals surface area contributed by atoms with Crippen molar-refractivity contribution in [3.05, 3.63) is 94.2 Å². The third kappa shape index (κ3) is 9.64. The number of rotatable bonds is 16. The highest BCUT2D eigenvalue weighted by Crippen LogP contribution is 2.26. The summed E-state index contributed by atoms with van der Waals surface area (Å²) in [4.78, 5) is 42.2. The van der Waals surface area contributed by atoms with Crippen LogP contribution in [0.5, 0.6) is 11.6 Å². The minimum absolute atomic E-state index is 0.00520. The van der Waals surface area contributed by atoms with Gasteiger partial charge in [-0.3, -0.25) is 14.9 Å². The lowest BCUT2D eigenvalue weighted by Crippen LogP contribution is -2.46. The molecule has 0 aliphatic heterocycles. The topological polar surface area (TPSA) is 133 Å². The van der Waals surface area contributed by atoms with E-state index < -0.39 is 16.9 Å². The molecule has 224 valence electrons. The van der Waals surface area contributed by atoms with Crippen molar-refractivity contribution in [3.8, 4) is 11.6 Å². The maximum absolute atomic E-state index is 13.1. The second-order valence-corrected chi connectivity index (χ2v) is 10.1. The van der Waals surface area contributed by atoms with E-state index in [1.54, 1.807) is 25.2 Å². The van der Waals surface area contributed by atoms with E-state index in [-0.39, 0.29) is 49.0 Å². The van der Waals surface area contributed by atoms with Crippen molar-refractivity contribution in [3.63, 3.8) is 0 Å². The van der Waals surface area contributed by atoms with Crippen LogP contribution < -0.4 is 10.1 Å². The average Bonchev–Trinajstić information content (AvgIpc) is 2.99. The van der Waals surface area contributed by atoms with Gasteiger partial charge in [0.05, 0.1) is 30.8 Å². The lowest BCUT2D eigenvalue weighted by molar-refractivity contribution is -0.386. The molecule has 1 aromatic heterocycles. The fourth-order valence-electron chi connectivity index (χ4n) is 4.32. The van der Waals surface area contributed by atoms with Crippen LogP contribution in [-0.4, -0.2) is 59.5 Å². The molecule has 2 atom stereocenters. The van der Waals surface area contributed by atoms with Gasteiger partial charge in [-0.25, -0.2) is 9.78 Å². The van der Waals surface area contributed by atoms with Gasteiger partial charge in [0, 0.05) is 32.1 Å². The van der Waals surface area contributed by atoms with E-state index in [0.29, 0.717) is 24.3 Å². The average molecular weight is 579 g/mol. The number of hydrogen-bond acceptors (Lipinski definition) is 9. The molecule has 0 aliphatic carbocycles. The van der Waals surface area contributed by atoms with E-state index >= 15 is 0 Å². The predicted molar refractivity (Wildman–Crippen MR) is 157 cm³/mol. The number of esters is 1. The molecule has 0 spiro atoms. The second kappa shape index (κ2) is 16.2. The second-order valence-electron chi connectivity index (χ2n) is 10.1. The predicted octanol–water partition coefficient (Wildman–Crippen LogP) is 4.89. The molecule has 0 radical (unpaired) electrons. The number of nitrogens with one attached hydrogen (secondary N) is 1. The number of carbonyl (C=O) groups excluding carboxylic acids is 2. The number of benzene rings is 2. The number of para-hydroxylation sites is 1. The molecule has 11 nitrogen and oxygen atoms in total. The molecule has 0 saturated heterocycles. The van der Waals surface area contributed by atoms with Crippen LogP contribution in [0, 0.1) is 16.0 Å². The largest absolute Gasteiger partial charge is 0.467 e. The fraction of sp³-hybridized carbons (Fsp3) is 0.387. The molecule has 11 heteroatoms. The van der Waals surface area contributed by atoms with Crippen molar-refractivity contribution in [1.29, 1.82) is 0 Å². The zero-order chi connectivity index (χ0) is 30.5. The van der Waals surface area contributed by atoms with Crippen LogP contribution >= 0.6 is 0 Å². The van der Waals surface area contributed by atoms with Gasteiger partial charge >= 0.3 is 5.97 Å². The van der Waals surface area contributed by atoms with E-state index in [4.69, 9.17) is 14.2 Å². The molecule has 1 unspecified atom stereocenters. The molecule has 0 saturated carbocycles. The number of hydrogen-bond donors (Lipinski definition) is 1. The Bertz CT molecular complexity index is 1310. The fourth-order valence-corrected chi connectivity index (χ4v) is 4.32. The van der Waals surface area contributed by atoms with E-state index in [2.05, 4.69) is 10.3 Å². The number of aromatic nitrogens is 1. The van der Waals surface area contributed by atoms with Gasteiger partial charge in [-0.1, -0.05) is 62.4 Å². The number of pyridine rings is 1. The molecular weight excluding hydrogens is 540 g/mol. The molecule has 0 fully saturated rings. The minimum atomic E-state index is -0.890. The quantitative estimate of drug-likeness (QED) is 0.143. The Labute approximate surface area is 246 Å². The number of nitro groups is 1. The highest BCUT2D eigenvalue weighted by Gasteiger charge is 2.29. The number of amides is 1. The van der Waals surface area contributed by atoms with Gasteiger partial charge in [0.15, 0.2) is 6.04 Å². The van der Waals surface area contributed by atoms with E-state index in [1.807, 2.05) is 62.4 Å². The van der Waals surface area contributed by atoms with Crippen LogP contribution in [0.3, 0.4) is 0 Å². The summed E-state index contributed by atoms with van der Waals surface area (Å²) in [5.41, 5.74) is 1.24. The molecule has 0 bridgehead atoms. The monoisotopic (exact) mass is 578 g/mol. The molecular formula is C31H38N4O7. The molecule has 1 N–H and O–H groups in total. The number of nitrogens with zero attached hydrogens (tertiary/aromatic N) is 3. The summed E-state index contributed by atoms with van der Waals surface area (Å²) in [7, 11) is 2.83. The van der Waals surface area contributed by atoms with Crippen LogP contribution in [0.4, 0.5) is 5.69 Å². The standard InChI is InChI=1S/C31H38N4O7/c1-22(2)26(32-18-24-17-29(33-19-27(24)35(38)39)42-25-13-9-6-10-14-25)15-16-30(36)34(3)28(31(37)40-4)21-41-20-23-11-7-5-8-12-23/h5-14,17,19,22,26,28,32H,15-16,18,20-21H2,1-4H3/t26-,28?/m0/s1. The minimum Gasteiger partial charge on any atom is -0.467 e. The van der Waals surface area contributed by atoms with Gasteiger partial charge in [0.2, 0.25) is 11.8 Å². The lowest BCUT2D eigenvalue weighted by Gasteiger charge is -2.28. The van der Waals surface area contributed by atoms with Crippen molar-refractivity contribution < 1.29 is 28.7 Å². The Morgan fingerprint density at radius 1 is 1.07 bits per heavy atom. The molecule has 42 heavy (non-hydrogen) atoms. The summed E-state index contributed by atoms with van der Waals surface area (Å²) >= 11 is 0. The number of ether oxygens (including phenoxy) is 3. The maximum atomic E-state index is 13.1. The molecule has 3 rings (SSSR count). The van der Waals surface area contributed by atoms with Crippen LogP contribution in [0.15, 0.2) is 72.9 Å². The maximum Gasteiger partial charge on any atom is 0.330 e. The number of likely N-dealkylation sites (N-methyl/N-ethyl adjacent to an activating group) is 1. The van der Waals surface area contributed by atoms with Gasteiger partial charge in [0.25, 0.3) is 5.69 Å². The normalized spacial score (nSPS) is 12.4. The highest BCUT2D eigenvalue weighted by molar-refractivity contribution is 5.84. The van der Waals surface area contributed by atoms with Crippen molar-refractivity contribution in [1.82, 2.24) is 15.2 Å². The highest BCUT2D eigenvalue weighted by atomic mass is 16.6. The van der Waals surface area contributed by atoms with E-state index in [1.165, 1.54) is 18.2 Å². The first-order chi connectivity index (χ1) is 20.2. The van der Waals surface area contributed by atoms with Crippen molar-refractivity contribution in [2.75, 3.05) is 20.8 Å². The Hall–Kier alpha value is -4.35. The summed E-state index contributed by atoms with van der Waals surface area (Å²) in [5, 5.41) is 15.0. The summed E-state index contributed by atoms with van der Waals surface area (Å²) in [6, 6.07) is 19.1. The summed E-state index contributed by atoms with van der Waals surface area (Å²) in [6.45, 7) is 4.48. The van der Waals surface area contributed by atoms with Crippen LogP contribution in [0.1, 0.15) is 37.8 Å². The molecule has 1 amide bonds. The van der Waals surface area contributed by atoms with Crippen LogP contribution in [-0.2, 0) is 32.2 Å². The van der Waals surface area contributed by atoms with E-state index in [0.717, 1.165) is 5.56 Å². The Balaban J connectivity index is 1.61. The third-order valence-corrected chi connectivity index (χ3v) is 6.85. The van der Waals surface area contributed by atoms with Gasteiger partial charge in [0.1, 0.15) is 11.9 Å². The Kier molecular flexibility index (Phi) is 12.4. The molecule has 0 aliphatic rings. The van der Waals surface area contributed by atoms with Crippen LogP contribution in [0.2, 0.25) is 0 Å².